The highest BCUT2D eigenvalue weighted by molar-refractivity contribution is 5.94. The van der Waals surface area contributed by atoms with Crippen LogP contribution >= 0.6 is 0 Å². The zero-order valence-electron chi connectivity index (χ0n) is 15.7. The van der Waals surface area contributed by atoms with Gasteiger partial charge in [0.1, 0.15) is 0 Å². The number of carbonyl (C=O) groups excluding carboxylic acids is 2. The van der Waals surface area contributed by atoms with E-state index >= 15 is 0 Å². The predicted molar refractivity (Wildman–Crippen MR) is 104 cm³/mol. The van der Waals surface area contributed by atoms with E-state index in [9.17, 15) is 9.59 Å². The molecular formula is C21H28N3O2+. The highest BCUT2D eigenvalue weighted by Gasteiger charge is 2.30. The van der Waals surface area contributed by atoms with Crippen molar-refractivity contribution in [2.24, 2.45) is 0 Å². The molecule has 138 valence electrons. The molecule has 0 radical (unpaired) electrons. The summed E-state index contributed by atoms with van der Waals surface area (Å²) in [6.07, 6.45) is 0.890. The lowest BCUT2D eigenvalue weighted by Crippen LogP contribution is -3.11. The SMILES string of the molecule is CCCNC(=O)C[NH+](C)[C@H](C(=O)Nc1ccc(C)cc1)c1ccccc1. The molecule has 0 heterocycles. The van der Waals surface area contributed by atoms with Gasteiger partial charge in [-0.15, -0.1) is 0 Å². The van der Waals surface area contributed by atoms with E-state index in [0.717, 1.165) is 28.1 Å². The van der Waals surface area contributed by atoms with E-state index in [0.29, 0.717) is 6.54 Å². The number of hydrogen-bond donors (Lipinski definition) is 3. The number of likely N-dealkylation sites (N-methyl/N-ethyl adjacent to an activating group) is 1. The molecule has 26 heavy (non-hydrogen) atoms. The summed E-state index contributed by atoms with van der Waals surface area (Å²) in [5.74, 6) is -0.172. The van der Waals surface area contributed by atoms with Crippen molar-refractivity contribution < 1.29 is 14.5 Å². The summed E-state index contributed by atoms with van der Waals surface area (Å²) in [4.78, 5) is 25.9. The Kier molecular flexibility index (Phi) is 7.36. The minimum absolute atomic E-state index is 0.0478. The standard InChI is InChI=1S/C21H27N3O2/c1-4-14-22-19(25)15-24(3)20(17-8-6-5-7-9-17)21(26)23-18-12-10-16(2)11-13-18/h5-13,20H,4,14-15H2,1-3H3,(H,22,25)(H,23,26)/p+1/t20-/m0/s1. The number of quaternary nitrogens is 1. The van der Waals surface area contributed by atoms with E-state index < -0.39 is 6.04 Å². The molecule has 0 saturated heterocycles. The molecule has 2 atom stereocenters. The fourth-order valence-corrected chi connectivity index (χ4v) is 2.84. The van der Waals surface area contributed by atoms with Crippen LogP contribution in [-0.4, -0.2) is 32.0 Å². The molecule has 3 N–H and O–H groups in total. The number of carbonyl (C=O) groups is 2. The van der Waals surface area contributed by atoms with Crippen LogP contribution in [0.25, 0.3) is 0 Å². The smallest absolute Gasteiger partial charge is 0.287 e. The maximum Gasteiger partial charge on any atom is 0.287 e. The number of rotatable bonds is 8. The number of amides is 2. The molecule has 0 aliphatic heterocycles. The Hall–Kier alpha value is -2.66. The van der Waals surface area contributed by atoms with Crippen LogP contribution in [0.2, 0.25) is 0 Å². The summed E-state index contributed by atoms with van der Waals surface area (Å²) in [5.41, 5.74) is 2.78. The fourth-order valence-electron chi connectivity index (χ4n) is 2.84. The Morgan fingerprint density at radius 3 is 2.31 bits per heavy atom. The fraction of sp³-hybridized carbons (Fsp3) is 0.333. The van der Waals surface area contributed by atoms with Crippen molar-refractivity contribution in [2.45, 2.75) is 26.3 Å². The monoisotopic (exact) mass is 354 g/mol. The predicted octanol–water partition coefficient (Wildman–Crippen LogP) is 1.72. The lowest BCUT2D eigenvalue weighted by Gasteiger charge is -2.24. The Balaban J connectivity index is 2.16. The minimum Gasteiger partial charge on any atom is -0.351 e. The Bertz CT molecular complexity index is 714. The maximum atomic E-state index is 13.0. The number of aryl methyl sites for hydroxylation is 1. The van der Waals surface area contributed by atoms with E-state index in [2.05, 4.69) is 10.6 Å². The van der Waals surface area contributed by atoms with Crippen LogP contribution in [-0.2, 0) is 9.59 Å². The molecule has 0 bridgehead atoms. The van der Waals surface area contributed by atoms with Crippen molar-refractivity contribution in [1.82, 2.24) is 5.32 Å². The Morgan fingerprint density at radius 1 is 1.04 bits per heavy atom. The average Bonchev–Trinajstić information content (AvgIpc) is 2.63. The summed E-state index contributed by atoms with van der Waals surface area (Å²) in [7, 11) is 1.87. The van der Waals surface area contributed by atoms with Gasteiger partial charge in [0, 0.05) is 17.8 Å². The lowest BCUT2D eigenvalue weighted by molar-refractivity contribution is -0.894. The quantitative estimate of drug-likeness (QED) is 0.676. The van der Waals surface area contributed by atoms with E-state index in [1.807, 2.05) is 75.5 Å². The third kappa shape index (κ3) is 5.70. The van der Waals surface area contributed by atoms with Crippen LogP contribution in [0.15, 0.2) is 54.6 Å². The van der Waals surface area contributed by atoms with Gasteiger partial charge in [-0.2, -0.15) is 0 Å². The van der Waals surface area contributed by atoms with Crippen molar-refractivity contribution in [2.75, 3.05) is 25.5 Å². The molecule has 0 aromatic heterocycles. The van der Waals surface area contributed by atoms with Gasteiger partial charge >= 0.3 is 0 Å². The van der Waals surface area contributed by atoms with Gasteiger partial charge in [0.15, 0.2) is 12.6 Å². The first-order valence-corrected chi connectivity index (χ1v) is 9.02. The summed E-state index contributed by atoms with van der Waals surface area (Å²) < 4.78 is 0. The first-order chi connectivity index (χ1) is 12.5. The van der Waals surface area contributed by atoms with Gasteiger partial charge in [0.2, 0.25) is 0 Å². The second-order valence-corrected chi connectivity index (χ2v) is 6.57. The zero-order valence-corrected chi connectivity index (χ0v) is 15.7. The highest BCUT2D eigenvalue weighted by atomic mass is 16.2. The normalized spacial score (nSPS) is 12.9. The van der Waals surface area contributed by atoms with Crippen LogP contribution in [0.4, 0.5) is 5.69 Å². The van der Waals surface area contributed by atoms with Crippen LogP contribution in [0, 0.1) is 6.92 Å². The molecule has 2 rings (SSSR count). The molecule has 0 spiro atoms. The summed E-state index contributed by atoms with van der Waals surface area (Å²) in [5, 5.41) is 5.85. The number of hydrogen-bond acceptors (Lipinski definition) is 2. The van der Waals surface area contributed by atoms with E-state index in [1.54, 1.807) is 0 Å². The molecule has 0 fully saturated rings. The van der Waals surface area contributed by atoms with Crippen molar-refractivity contribution in [1.29, 1.82) is 0 Å². The van der Waals surface area contributed by atoms with Gasteiger partial charge in [-0.1, -0.05) is 55.0 Å². The van der Waals surface area contributed by atoms with Crippen molar-refractivity contribution >= 4 is 17.5 Å². The molecule has 2 amide bonds. The number of anilines is 1. The second-order valence-electron chi connectivity index (χ2n) is 6.57. The van der Waals surface area contributed by atoms with Gasteiger partial charge in [0.25, 0.3) is 11.8 Å². The van der Waals surface area contributed by atoms with Crippen molar-refractivity contribution in [3.63, 3.8) is 0 Å². The Morgan fingerprint density at radius 2 is 1.69 bits per heavy atom. The summed E-state index contributed by atoms with van der Waals surface area (Å²) >= 11 is 0. The van der Waals surface area contributed by atoms with E-state index in [1.165, 1.54) is 0 Å². The molecule has 5 heteroatoms. The molecule has 1 unspecified atom stereocenters. The molecule has 0 aliphatic rings. The zero-order chi connectivity index (χ0) is 18.9. The highest BCUT2D eigenvalue weighted by Crippen LogP contribution is 2.14. The summed E-state index contributed by atoms with van der Waals surface area (Å²) in [6, 6.07) is 16.8. The van der Waals surface area contributed by atoms with E-state index in [4.69, 9.17) is 0 Å². The molecule has 2 aromatic rings. The second kappa shape index (κ2) is 9.73. The van der Waals surface area contributed by atoms with Gasteiger partial charge in [-0.25, -0.2) is 0 Å². The molecule has 0 saturated carbocycles. The Labute approximate surface area is 155 Å². The molecule has 2 aromatic carbocycles. The first-order valence-electron chi connectivity index (χ1n) is 9.02. The van der Waals surface area contributed by atoms with Gasteiger partial charge in [-0.05, 0) is 25.5 Å². The number of benzene rings is 2. The largest absolute Gasteiger partial charge is 0.351 e. The van der Waals surface area contributed by atoms with Crippen molar-refractivity contribution in [3.05, 3.63) is 65.7 Å². The lowest BCUT2D eigenvalue weighted by atomic mass is 10.0. The average molecular weight is 354 g/mol. The third-order valence-electron chi connectivity index (χ3n) is 4.22. The van der Waals surface area contributed by atoms with Gasteiger partial charge < -0.3 is 15.5 Å². The van der Waals surface area contributed by atoms with Crippen molar-refractivity contribution in [3.8, 4) is 0 Å². The van der Waals surface area contributed by atoms with Crippen LogP contribution in [0.3, 0.4) is 0 Å². The maximum absolute atomic E-state index is 13.0. The van der Waals surface area contributed by atoms with Gasteiger partial charge in [0.05, 0.1) is 7.05 Å². The summed E-state index contributed by atoms with van der Waals surface area (Å²) in [6.45, 7) is 4.91. The topological polar surface area (TPSA) is 62.6 Å². The first kappa shape index (κ1) is 19.7. The third-order valence-corrected chi connectivity index (χ3v) is 4.22. The van der Waals surface area contributed by atoms with Gasteiger partial charge in [-0.3, -0.25) is 9.59 Å². The molecule has 5 nitrogen and oxygen atoms in total. The molecule has 0 aliphatic carbocycles. The van der Waals surface area contributed by atoms with Crippen LogP contribution in [0.1, 0.15) is 30.5 Å². The van der Waals surface area contributed by atoms with Crippen LogP contribution < -0.4 is 15.5 Å². The van der Waals surface area contributed by atoms with Crippen LogP contribution in [0.5, 0.6) is 0 Å². The minimum atomic E-state index is -0.468. The number of nitrogens with one attached hydrogen (secondary N) is 3. The van der Waals surface area contributed by atoms with E-state index in [-0.39, 0.29) is 18.4 Å². The molecular weight excluding hydrogens is 326 g/mol.